The molecular formula is C25H31N4O4+. The lowest BCUT2D eigenvalue weighted by Crippen LogP contribution is -2.42. The number of carbonyl (C=O) groups is 1. The molecule has 1 amide bonds. The molecule has 0 bridgehead atoms. The van der Waals surface area contributed by atoms with Crippen molar-refractivity contribution in [1.29, 1.82) is 0 Å². The van der Waals surface area contributed by atoms with Gasteiger partial charge in [0.1, 0.15) is 5.75 Å². The zero-order valence-electron chi connectivity index (χ0n) is 19.3. The van der Waals surface area contributed by atoms with Crippen LogP contribution in [0.1, 0.15) is 61.8 Å². The van der Waals surface area contributed by atoms with Crippen LogP contribution in [0.2, 0.25) is 0 Å². The highest BCUT2D eigenvalue weighted by atomic mass is 16.5. The number of nitrogens with zero attached hydrogens (tertiary/aromatic N) is 3. The first kappa shape index (κ1) is 21.7. The smallest absolute Gasteiger partial charge is 0.325 e. The predicted octanol–water partition coefficient (Wildman–Crippen LogP) is 3.63. The van der Waals surface area contributed by atoms with Crippen LogP contribution in [0, 0.1) is 18.8 Å². The minimum atomic E-state index is -0.677. The van der Waals surface area contributed by atoms with E-state index in [1.54, 1.807) is 25.1 Å². The van der Waals surface area contributed by atoms with Crippen LogP contribution in [0.25, 0.3) is 10.9 Å². The summed E-state index contributed by atoms with van der Waals surface area (Å²) in [5.74, 6) is 0.984. The van der Waals surface area contributed by atoms with Crippen molar-refractivity contribution in [3.8, 4) is 5.75 Å². The highest BCUT2D eigenvalue weighted by molar-refractivity contribution is 6.04. The topological polar surface area (TPSA) is 100 Å². The molecule has 2 heterocycles. The summed E-state index contributed by atoms with van der Waals surface area (Å²) in [7, 11) is 0. The molecule has 8 nitrogen and oxygen atoms in total. The second kappa shape index (κ2) is 8.02. The van der Waals surface area contributed by atoms with Gasteiger partial charge in [0.15, 0.2) is 0 Å². The number of pyridine rings is 1. The molecule has 2 aliphatic rings. The molecule has 1 aromatic carbocycles. The molecule has 3 N–H and O–H groups in total. The number of anilines is 1. The minimum absolute atomic E-state index is 0.145. The fourth-order valence-corrected chi connectivity index (χ4v) is 4.32. The van der Waals surface area contributed by atoms with E-state index in [1.165, 1.54) is 0 Å². The van der Waals surface area contributed by atoms with E-state index in [0.29, 0.717) is 29.7 Å². The molecule has 0 spiro atoms. The molecule has 2 aliphatic carbocycles. The van der Waals surface area contributed by atoms with Crippen LogP contribution >= 0.6 is 0 Å². The third kappa shape index (κ3) is 4.39. The Bertz CT molecular complexity index is 1200. The minimum Gasteiger partial charge on any atom is -0.491 e. The van der Waals surface area contributed by atoms with Crippen LogP contribution < -0.4 is 14.8 Å². The van der Waals surface area contributed by atoms with Crippen LogP contribution in [0.3, 0.4) is 0 Å². The molecule has 5 rings (SSSR count). The van der Waals surface area contributed by atoms with Crippen LogP contribution in [0.5, 0.6) is 5.75 Å². The van der Waals surface area contributed by atoms with Crippen LogP contribution in [-0.4, -0.2) is 38.2 Å². The highest BCUT2D eigenvalue weighted by Crippen LogP contribution is 2.44. The molecule has 2 fully saturated rings. The van der Waals surface area contributed by atoms with Gasteiger partial charge in [0.25, 0.3) is 0 Å². The summed E-state index contributed by atoms with van der Waals surface area (Å²) in [5, 5.41) is 29.0. The van der Waals surface area contributed by atoms with E-state index in [4.69, 9.17) is 9.84 Å². The maximum atomic E-state index is 12.9. The fraction of sp³-hybridized carbons (Fsp3) is 0.480. The number of aryl methyl sites for hydroxylation is 1. The number of nitrogens with one attached hydrogen (secondary N) is 1. The average molecular weight is 452 g/mol. The third-order valence-corrected chi connectivity index (χ3v) is 6.92. The molecule has 174 valence electrons. The summed E-state index contributed by atoms with van der Waals surface area (Å²) in [6.07, 6.45) is 6.08. The van der Waals surface area contributed by atoms with Gasteiger partial charge in [-0.1, -0.05) is 0 Å². The largest absolute Gasteiger partial charge is 0.491 e. The van der Waals surface area contributed by atoms with E-state index >= 15 is 0 Å². The number of rotatable bonds is 7. The summed E-state index contributed by atoms with van der Waals surface area (Å²) in [6.45, 7) is 6.05. The maximum Gasteiger partial charge on any atom is 0.325 e. The Labute approximate surface area is 192 Å². The SMILES string of the molecule is Cc1cccc(C(=O)Nc2cc3cn([C@H]4C[C@H](C(C)(C)O)C4)nc3cc2OCC2CC2)[n+]1O. The third-order valence-electron chi connectivity index (χ3n) is 6.92. The normalized spacial score (nSPS) is 20.5. The lowest BCUT2D eigenvalue weighted by molar-refractivity contribution is -0.909. The molecule has 0 radical (unpaired) electrons. The second-order valence-corrected chi connectivity index (χ2v) is 10.1. The number of carbonyl (C=O) groups excluding carboxylic acids is 1. The Morgan fingerprint density at radius 2 is 2.06 bits per heavy atom. The number of hydrogen-bond donors (Lipinski definition) is 3. The molecule has 0 aliphatic heterocycles. The molecule has 2 saturated carbocycles. The average Bonchev–Trinajstić information content (AvgIpc) is 3.45. The summed E-state index contributed by atoms with van der Waals surface area (Å²) in [5.41, 5.74) is 1.39. The zero-order chi connectivity index (χ0) is 23.3. The number of hydrogen-bond acceptors (Lipinski definition) is 5. The van der Waals surface area contributed by atoms with Gasteiger partial charge in [-0.05, 0) is 63.5 Å². The summed E-state index contributed by atoms with van der Waals surface area (Å²) in [4.78, 5) is 12.9. The van der Waals surface area contributed by atoms with Gasteiger partial charge in [-0.3, -0.25) is 14.7 Å². The fourth-order valence-electron chi connectivity index (χ4n) is 4.32. The van der Waals surface area contributed by atoms with E-state index < -0.39 is 11.5 Å². The Morgan fingerprint density at radius 3 is 2.76 bits per heavy atom. The Hall–Kier alpha value is -3.13. The molecule has 2 aromatic heterocycles. The Morgan fingerprint density at radius 1 is 1.30 bits per heavy atom. The van der Waals surface area contributed by atoms with Crippen molar-refractivity contribution in [2.45, 2.75) is 58.1 Å². The Balaban J connectivity index is 1.42. The van der Waals surface area contributed by atoms with Crippen LogP contribution in [0.15, 0.2) is 36.5 Å². The van der Waals surface area contributed by atoms with E-state index in [-0.39, 0.29) is 17.7 Å². The van der Waals surface area contributed by atoms with Gasteiger partial charge in [-0.25, -0.2) is 0 Å². The first-order valence-electron chi connectivity index (χ1n) is 11.6. The van der Waals surface area contributed by atoms with Crippen molar-refractivity contribution in [2.24, 2.45) is 11.8 Å². The van der Waals surface area contributed by atoms with Gasteiger partial charge in [0.05, 0.1) is 29.5 Å². The van der Waals surface area contributed by atoms with Crippen LogP contribution in [-0.2, 0) is 0 Å². The number of amides is 1. The van der Waals surface area contributed by atoms with Crippen molar-refractivity contribution in [2.75, 3.05) is 11.9 Å². The summed E-state index contributed by atoms with van der Waals surface area (Å²) in [6, 6.07) is 9.03. The summed E-state index contributed by atoms with van der Waals surface area (Å²) < 4.78 is 8.91. The maximum absolute atomic E-state index is 12.9. The predicted molar refractivity (Wildman–Crippen MR) is 123 cm³/mol. The Kier molecular flexibility index (Phi) is 5.28. The molecular weight excluding hydrogens is 420 g/mol. The van der Waals surface area contributed by atoms with Gasteiger partial charge in [0.2, 0.25) is 5.69 Å². The highest BCUT2D eigenvalue weighted by Gasteiger charge is 2.40. The van der Waals surface area contributed by atoms with Gasteiger partial charge in [-0.15, -0.1) is 0 Å². The molecule has 8 heteroatoms. The molecule has 0 saturated heterocycles. The molecule has 0 atom stereocenters. The van der Waals surface area contributed by atoms with Gasteiger partial charge in [-0.2, -0.15) is 5.10 Å². The number of benzene rings is 1. The van der Waals surface area contributed by atoms with E-state index in [0.717, 1.165) is 41.3 Å². The lowest BCUT2D eigenvalue weighted by Gasteiger charge is -2.42. The number of fused-ring (bicyclic) bond motifs is 1. The van der Waals surface area contributed by atoms with Crippen molar-refractivity contribution in [3.05, 3.63) is 47.9 Å². The first-order valence-corrected chi connectivity index (χ1v) is 11.6. The van der Waals surface area contributed by atoms with Gasteiger partial charge in [0, 0.05) is 41.4 Å². The van der Waals surface area contributed by atoms with Gasteiger partial charge >= 0.3 is 11.6 Å². The first-order chi connectivity index (χ1) is 15.7. The summed E-state index contributed by atoms with van der Waals surface area (Å²) >= 11 is 0. The molecule has 3 aromatic rings. The zero-order valence-corrected chi connectivity index (χ0v) is 19.3. The standard InChI is InChI=1S/C25H30N4O4/c1-15-5-4-6-22(29(15)32)24(30)26-21-9-17-13-28(19-10-18(11-19)25(2,3)31)27-20(17)12-23(21)33-14-16-7-8-16/h4-6,9,12-13,16,18-19,31H,7-8,10-11,14H2,1-3H3,(H-,26,30,32)/p+1/t18-,19-. The van der Waals surface area contributed by atoms with E-state index in [9.17, 15) is 15.1 Å². The van der Waals surface area contributed by atoms with E-state index in [1.807, 2.05) is 36.9 Å². The van der Waals surface area contributed by atoms with Crippen molar-refractivity contribution < 1.29 is 24.6 Å². The van der Waals surface area contributed by atoms with E-state index in [2.05, 4.69) is 5.32 Å². The number of aliphatic hydroxyl groups is 1. The second-order valence-electron chi connectivity index (χ2n) is 10.1. The van der Waals surface area contributed by atoms with Crippen molar-refractivity contribution >= 4 is 22.5 Å². The molecule has 0 unspecified atom stereocenters. The van der Waals surface area contributed by atoms with Crippen molar-refractivity contribution in [1.82, 2.24) is 9.78 Å². The van der Waals surface area contributed by atoms with Gasteiger partial charge < -0.3 is 15.2 Å². The van der Waals surface area contributed by atoms with Crippen molar-refractivity contribution in [3.63, 3.8) is 0 Å². The lowest BCUT2D eigenvalue weighted by atomic mass is 9.71. The van der Waals surface area contributed by atoms with Crippen LogP contribution in [0.4, 0.5) is 5.69 Å². The quantitative estimate of drug-likeness (QED) is 0.376. The molecule has 33 heavy (non-hydrogen) atoms. The monoisotopic (exact) mass is 451 g/mol. The number of ether oxygens (including phenoxy) is 1. The number of aromatic nitrogens is 3.